The first kappa shape index (κ1) is 16.1. The molecule has 1 rings (SSSR count). The Hall–Kier alpha value is -0.000000000000000111. The fourth-order valence-corrected chi connectivity index (χ4v) is 3.79. The maximum absolute atomic E-state index is 12.1. The highest BCUT2D eigenvalue weighted by Gasteiger charge is 2.19. The first-order valence-electron chi connectivity index (χ1n) is 5.43. The van der Waals surface area contributed by atoms with Gasteiger partial charge in [0.05, 0.1) is 4.90 Å². The van der Waals surface area contributed by atoms with Gasteiger partial charge >= 0.3 is 0 Å². The predicted octanol–water partition coefficient (Wildman–Crippen LogP) is 3.68. The number of alkyl halides is 1. The molecule has 1 unspecified atom stereocenters. The van der Waals surface area contributed by atoms with Crippen LogP contribution in [0.25, 0.3) is 0 Å². The van der Waals surface area contributed by atoms with E-state index in [4.69, 9.17) is 34.8 Å². The van der Waals surface area contributed by atoms with Gasteiger partial charge in [0.2, 0.25) is 10.0 Å². The van der Waals surface area contributed by atoms with Crippen LogP contribution in [0.2, 0.25) is 10.0 Å². The maximum Gasteiger partial charge on any atom is 0.240 e. The fraction of sp³-hybridized carbons (Fsp3) is 0.455. The van der Waals surface area contributed by atoms with Crippen molar-refractivity contribution in [1.82, 2.24) is 4.72 Å². The third-order valence-corrected chi connectivity index (χ3v) is 4.57. The van der Waals surface area contributed by atoms with Gasteiger partial charge in [0.15, 0.2) is 0 Å². The lowest BCUT2D eigenvalue weighted by Gasteiger charge is -2.16. The molecule has 0 spiro atoms. The Morgan fingerprint density at radius 2 is 1.78 bits per heavy atom. The average Bonchev–Trinajstić information content (AvgIpc) is 2.27. The Morgan fingerprint density at radius 3 is 2.22 bits per heavy atom. The van der Waals surface area contributed by atoms with Crippen LogP contribution >= 0.6 is 34.8 Å². The number of rotatable bonds is 6. The van der Waals surface area contributed by atoms with E-state index in [2.05, 4.69) is 4.72 Å². The van der Waals surface area contributed by atoms with Crippen molar-refractivity contribution in [3.8, 4) is 0 Å². The van der Waals surface area contributed by atoms with Gasteiger partial charge in [-0.15, -0.1) is 11.6 Å². The highest BCUT2D eigenvalue weighted by Crippen LogP contribution is 2.22. The Morgan fingerprint density at radius 1 is 1.22 bits per heavy atom. The molecule has 1 atom stereocenters. The topological polar surface area (TPSA) is 46.2 Å². The third kappa shape index (κ3) is 4.59. The second-order valence-corrected chi connectivity index (χ2v) is 6.77. The highest BCUT2D eigenvalue weighted by atomic mass is 35.5. The van der Waals surface area contributed by atoms with Crippen molar-refractivity contribution in [2.45, 2.75) is 30.7 Å². The smallest absolute Gasteiger partial charge is 0.208 e. The largest absolute Gasteiger partial charge is 0.240 e. The second kappa shape index (κ2) is 6.96. The molecule has 3 nitrogen and oxygen atoms in total. The van der Waals surface area contributed by atoms with Gasteiger partial charge in [-0.05, 0) is 31.0 Å². The van der Waals surface area contributed by atoms with E-state index >= 15 is 0 Å². The van der Waals surface area contributed by atoms with E-state index < -0.39 is 10.0 Å². The van der Waals surface area contributed by atoms with E-state index in [0.29, 0.717) is 18.7 Å². The minimum absolute atomic E-state index is 0.0630. The number of benzene rings is 1. The van der Waals surface area contributed by atoms with Gasteiger partial charge in [-0.25, -0.2) is 13.1 Å². The molecule has 0 radical (unpaired) electrons. The Labute approximate surface area is 122 Å². The Balaban J connectivity index is 2.98. The molecule has 102 valence electrons. The predicted molar refractivity (Wildman–Crippen MR) is 76.2 cm³/mol. The summed E-state index contributed by atoms with van der Waals surface area (Å²) in [5.74, 6) is 0.400. The molecule has 0 saturated heterocycles. The molecule has 0 heterocycles. The van der Waals surface area contributed by atoms with Crippen LogP contribution in [0.5, 0.6) is 0 Å². The van der Waals surface area contributed by atoms with E-state index in [1.807, 2.05) is 6.92 Å². The summed E-state index contributed by atoms with van der Waals surface area (Å²) in [5.41, 5.74) is 0. The quantitative estimate of drug-likeness (QED) is 0.809. The van der Waals surface area contributed by atoms with Crippen LogP contribution in [-0.4, -0.2) is 20.3 Å². The summed E-state index contributed by atoms with van der Waals surface area (Å²) in [6.45, 7) is 1.89. The summed E-state index contributed by atoms with van der Waals surface area (Å²) in [5, 5.41) is 0.571. The highest BCUT2D eigenvalue weighted by molar-refractivity contribution is 7.89. The summed E-state index contributed by atoms with van der Waals surface area (Å²) in [4.78, 5) is 0.0630. The summed E-state index contributed by atoms with van der Waals surface area (Å²) >= 11 is 17.2. The second-order valence-electron chi connectivity index (χ2n) is 3.81. The molecule has 0 aliphatic heterocycles. The summed E-state index contributed by atoms with van der Waals surface area (Å²) in [6, 6.07) is 4.02. The number of hydrogen-bond donors (Lipinski definition) is 1. The van der Waals surface area contributed by atoms with Crippen LogP contribution < -0.4 is 4.72 Å². The van der Waals surface area contributed by atoms with Crippen molar-refractivity contribution in [3.63, 3.8) is 0 Å². The van der Waals surface area contributed by atoms with Gasteiger partial charge in [0.1, 0.15) is 0 Å². The summed E-state index contributed by atoms with van der Waals surface area (Å²) in [6.07, 6.45) is 1.24. The molecule has 0 aliphatic carbocycles. The van der Waals surface area contributed by atoms with Crippen LogP contribution in [-0.2, 0) is 10.0 Å². The van der Waals surface area contributed by atoms with Crippen molar-refractivity contribution in [3.05, 3.63) is 28.2 Å². The minimum Gasteiger partial charge on any atom is -0.208 e. The number of halogens is 3. The molecular weight excluding hydrogens is 317 g/mol. The van der Waals surface area contributed by atoms with Crippen LogP contribution in [0.3, 0.4) is 0 Å². The maximum atomic E-state index is 12.1. The standard InChI is InChI=1S/C11H14Cl3NO2S/c1-2-10(3-4-12)15-18(16,17)11-6-8(13)5-9(14)7-11/h5-7,10,15H,2-4H2,1H3. The molecule has 0 aliphatic rings. The molecule has 0 amide bonds. The molecule has 1 aromatic rings. The van der Waals surface area contributed by atoms with Crippen molar-refractivity contribution >= 4 is 44.8 Å². The van der Waals surface area contributed by atoms with Crippen molar-refractivity contribution in [1.29, 1.82) is 0 Å². The van der Waals surface area contributed by atoms with E-state index in [-0.39, 0.29) is 21.0 Å². The van der Waals surface area contributed by atoms with Crippen molar-refractivity contribution in [2.75, 3.05) is 5.88 Å². The zero-order valence-corrected chi connectivity index (χ0v) is 12.9. The van der Waals surface area contributed by atoms with E-state index in [1.165, 1.54) is 18.2 Å². The number of hydrogen-bond acceptors (Lipinski definition) is 2. The van der Waals surface area contributed by atoms with Gasteiger partial charge in [0.25, 0.3) is 0 Å². The van der Waals surface area contributed by atoms with E-state index in [1.54, 1.807) is 0 Å². The first-order valence-corrected chi connectivity index (χ1v) is 8.20. The zero-order valence-electron chi connectivity index (χ0n) is 9.79. The number of sulfonamides is 1. The molecule has 7 heteroatoms. The van der Waals surface area contributed by atoms with Gasteiger partial charge in [-0.2, -0.15) is 0 Å². The molecule has 0 aromatic heterocycles. The Kier molecular flexibility index (Phi) is 6.21. The first-order chi connectivity index (χ1) is 8.39. The minimum atomic E-state index is -3.62. The molecule has 0 bridgehead atoms. The number of nitrogens with one attached hydrogen (secondary N) is 1. The van der Waals surface area contributed by atoms with Crippen molar-refractivity contribution < 1.29 is 8.42 Å². The van der Waals surface area contributed by atoms with Crippen molar-refractivity contribution in [2.24, 2.45) is 0 Å². The molecule has 0 fully saturated rings. The van der Waals surface area contributed by atoms with Gasteiger partial charge in [-0.3, -0.25) is 0 Å². The van der Waals surface area contributed by atoms with Gasteiger partial charge in [-0.1, -0.05) is 30.1 Å². The molecule has 0 saturated carbocycles. The lowest BCUT2D eigenvalue weighted by atomic mass is 10.2. The molecule has 1 aromatic carbocycles. The van der Waals surface area contributed by atoms with Crippen LogP contribution in [0.4, 0.5) is 0 Å². The van der Waals surface area contributed by atoms with E-state index in [0.717, 1.165) is 0 Å². The normalized spacial score (nSPS) is 13.6. The van der Waals surface area contributed by atoms with Crippen LogP contribution in [0.1, 0.15) is 19.8 Å². The Bertz CT molecular complexity index is 485. The molecule has 1 N–H and O–H groups in total. The fourth-order valence-electron chi connectivity index (χ4n) is 1.45. The van der Waals surface area contributed by atoms with Gasteiger partial charge < -0.3 is 0 Å². The zero-order chi connectivity index (χ0) is 13.8. The molecular formula is C11H14Cl3NO2S. The van der Waals surface area contributed by atoms with Crippen LogP contribution in [0.15, 0.2) is 23.1 Å². The van der Waals surface area contributed by atoms with Crippen LogP contribution in [0, 0.1) is 0 Å². The molecule has 18 heavy (non-hydrogen) atoms. The summed E-state index contributed by atoms with van der Waals surface area (Å²) < 4.78 is 26.8. The monoisotopic (exact) mass is 329 g/mol. The third-order valence-electron chi connectivity index (χ3n) is 2.42. The lowest BCUT2D eigenvalue weighted by molar-refractivity contribution is 0.531. The lowest BCUT2D eigenvalue weighted by Crippen LogP contribution is -2.34. The SMILES string of the molecule is CCC(CCCl)NS(=O)(=O)c1cc(Cl)cc(Cl)c1. The van der Waals surface area contributed by atoms with Gasteiger partial charge in [0, 0.05) is 22.0 Å². The summed E-state index contributed by atoms with van der Waals surface area (Å²) in [7, 11) is -3.62. The average molecular weight is 331 g/mol. The van der Waals surface area contributed by atoms with E-state index in [9.17, 15) is 8.42 Å².